The van der Waals surface area contributed by atoms with Crippen LogP contribution in [0.5, 0.6) is 11.5 Å². The van der Waals surface area contributed by atoms with E-state index in [1.54, 1.807) is 24.4 Å². The van der Waals surface area contributed by atoms with Crippen LogP contribution in [0.3, 0.4) is 0 Å². The lowest BCUT2D eigenvalue weighted by Crippen LogP contribution is -2.50. The van der Waals surface area contributed by atoms with Crippen molar-refractivity contribution in [3.8, 4) is 22.6 Å². The van der Waals surface area contributed by atoms with E-state index in [1.807, 2.05) is 91.0 Å². The lowest BCUT2D eigenvalue weighted by molar-refractivity contribution is -0.126. The maximum absolute atomic E-state index is 12.9. The molecule has 0 aliphatic rings. The van der Waals surface area contributed by atoms with Crippen molar-refractivity contribution in [2.24, 2.45) is 5.73 Å². The molecule has 1 amide bonds. The van der Waals surface area contributed by atoms with Crippen LogP contribution in [-0.2, 0) is 16.1 Å². The van der Waals surface area contributed by atoms with Crippen molar-refractivity contribution < 1.29 is 14.3 Å². The van der Waals surface area contributed by atoms with Crippen molar-refractivity contribution >= 4 is 23.2 Å². The number of halogens is 1. The fourth-order valence-electron chi connectivity index (χ4n) is 4.15. The molecular weight excluding hydrogens is 538 g/mol. The van der Waals surface area contributed by atoms with Crippen molar-refractivity contribution in [3.05, 3.63) is 114 Å². The Hall–Kier alpha value is -4.24. The van der Waals surface area contributed by atoms with E-state index in [0.717, 1.165) is 22.4 Å². The Morgan fingerprint density at radius 2 is 1.61 bits per heavy atom. The molecule has 1 atom stereocenters. The summed E-state index contributed by atoms with van der Waals surface area (Å²) in [5.41, 5.74) is 8.25. The summed E-state index contributed by atoms with van der Waals surface area (Å²) in [7, 11) is 0. The molecule has 0 saturated heterocycles. The monoisotopic (exact) mass is 571 g/mol. The largest absolute Gasteiger partial charge is 0.457 e. The number of aromatic nitrogens is 3. The molecule has 0 spiro atoms. The molecule has 0 aliphatic carbocycles. The van der Waals surface area contributed by atoms with Crippen molar-refractivity contribution in [2.75, 3.05) is 6.61 Å². The van der Waals surface area contributed by atoms with E-state index in [-0.39, 0.29) is 19.9 Å². The van der Waals surface area contributed by atoms with Crippen LogP contribution >= 0.6 is 11.6 Å². The van der Waals surface area contributed by atoms with Crippen LogP contribution in [0.2, 0.25) is 5.02 Å². The van der Waals surface area contributed by atoms with Crippen molar-refractivity contribution in [1.82, 2.24) is 19.9 Å². The Labute approximate surface area is 245 Å². The van der Waals surface area contributed by atoms with Crippen LogP contribution in [0.15, 0.2) is 97.2 Å². The number of nitrogens with zero attached hydrogens (tertiary/aromatic N) is 3. The van der Waals surface area contributed by atoms with E-state index in [0.29, 0.717) is 28.9 Å². The van der Waals surface area contributed by atoms with Gasteiger partial charge in [-0.25, -0.2) is 0 Å². The number of para-hydroxylation sites is 1. The predicted molar refractivity (Wildman–Crippen MR) is 162 cm³/mol. The first-order valence-electron chi connectivity index (χ1n) is 12.9. The third kappa shape index (κ3) is 7.29. The highest BCUT2D eigenvalue weighted by molar-refractivity contribution is 6.30. The number of hydrogen-bond acceptors (Lipinski definition) is 6. The molecule has 5 aromatic rings. The minimum absolute atomic E-state index is 0. The molecule has 212 valence electrons. The normalized spacial score (nSPS) is 12.0. The van der Waals surface area contributed by atoms with Gasteiger partial charge in [0.15, 0.2) is 11.5 Å². The molecule has 0 fully saturated rings. The number of nitrogens with one attached hydrogen (secondary N) is 1. The number of carbonyl (C=O) groups is 1. The highest BCUT2D eigenvalue weighted by Crippen LogP contribution is 2.31. The first-order valence-corrected chi connectivity index (χ1v) is 13.2. The van der Waals surface area contributed by atoms with Crippen molar-refractivity contribution in [3.63, 3.8) is 0 Å². The molecule has 2 heterocycles. The molecular formula is C32H34ClN5O3. The highest BCUT2D eigenvalue weighted by Gasteiger charge is 2.28. The zero-order chi connectivity index (χ0) is 28.1. The second-order valence-electron chi connectivity index (χ2n) is 10.0. The second kappa shape index (κ2) is 13.0. The van der Waals surface area contributed by atoms with Gasteiger partial charge in [-0.3, -0.25) is 9.20 Å². The molecule has 5 rings (SSSR count). The number of benzene rings is 3. The maximum Gasteiger partial charge on any atom is 0.240 e. The Bertz CT molecular complexity index is 1580. The van der Waals surface area contributed by atoms with Crippen molar-refractivity contribution in [1.29, 1.82) is 0 Å². The number of carbonyl (C=O) groups excluding carboxylic acids is 1. The standard InChI is InChI=1S/C31H30ClN5O3.CH4/c1-31(2,33)30(38)34-27(20-39-19-21-9-5-3-6-10-21)29-36-35-28-26(17-23(32)18-37(28)29)22-13-15-25(16-14-22)40-24-11-7-4-8-12-24;/h3-18,27H,19-20,33H2,1-2H3,(H,34,38);1H4/t27-;/m1./s1. The van der Waals surface area contributed by atoms with E-state index in [4.69, 9.17) is 26.8 Å². The van der Waals surface area contributed by atoms with Gasteiger partial charge >= 0.3 is 0 Å². The van der Waals surface area contributed by atoms with E-state index in [2.05, 4.69) is 15.5 Å². The average Bonchev–Trinajstić information content (AvgIpc) is 3.37. The highest BCUT2D eigenvalue weighted by atomic mass is 35.5. The number of amides is 1. The SMILES string of the molecule is C.CC(C)(N)C(=O)N[C@H](COCc1ccccc1)c1nnc2c(-c3ccc(Oc4ccccc4)cc3)cc(Cl)cn12. The smallest absolute Gasteiger partial charge is 0.240 e. The van der Waals surface area contributed by atoms with Crippen LogP contribution in [0.4, 0.5) is 0 Å². The van der Waals surface area contributed by atoms with Crippen LogP contribution < -0.4 is 15.8 Å². The molecule has 0 unspecified atom stereocenters. The predicted octanol–water partition coefficient (Wildman–Crippen LogP) is 6.59. The molecule has 41 heavy (non-hydrogen) atoms. The van der Waals surface area contributed by atoms with Gasteiger partial charge < -0.3 is 20.5 Å². The quantitative estimate of drug-likeness (QED) is 0.196. The van der Waals surface area contributed by atoms with Gasteiger partial charge in [-0.2, -0.15) is 0 Å². The summed E-state index contributed by atoms with van der Waals surface area (Å²) in [6.07, 6.45) is 1.73. The third-order valence-electron chi connectivity index (χ3n) is 6.24. The summed E-state index contributed by atoms with van der Waals surface area (Å²) in [4.78, 5) is 12.9. The summed E-state index contributed by atoms with van der Waals surface area (Å²) in [6, 6.07) is 28.3. The number of rotatable bonds is 10. The third-order valence-corrected chi connectivity index (χ3v) is 6.45. The number of fused-ring (bicyclic) bond motifs is 1. The number of ether oxygens (including phenoxy) is 2. The summed E-state index contributed by atoms with van der Waals surface area (Å²) < 4.78 is 13.7. The zero-order valence-corrected chi connectivity index (χ0v) is 23.0. The number of hydrogen-bond donors (Lipinski definition) is 2. The molecule has 3 N–H and O–H groups in total. The minimum atomic E-state index is -1.09. The molecule has 3 aromatic carbocycles. The molecule has 8 nitrogen and oxygen atoms in total. The van der Waals surface area contributed by atoms with Gasteiger partial charge in [0.25, 0.3) is 0 Å². The van der Waals surface area contributed by atoms with Gasteiger partial charge in [0.05, 0.1) is 23.8 Å². The minimum Gasteiger partial charge on any atom is -0.457 e. The lowest BCUT2D eigenvalue weighted by Gasteiger charge is -2.23. The second-order valence-corrected chi connectivity index (χ2v) is 10.4. The van der Waals surface area contributed by atoms with E-state index in [9.17, 15) is 4.79 Å². The Kier molecular flexibility index (Phi) is 9.39. The first kappa shape index (κ1) is 29.7. The van der Waals surface area contributed by atoms with Crippen LogP contribution in [-0.4, -0.2) is 32.7 Å². The van der Waals surface area contributed by atoms with E-state index >= 15 is 0 Å². The summed E-state index contributed by atoms with van der Waals surface area (Å²) >= 11 is 6.57. The van der Waals surface area contributed by atoms with Gasteiger partial charge in [0.2, 0.25) is 5.91 Å². The first-order chi connectivity index (χ1) is 19.3. The van der Waals surface area contributed by atoms with Gasteiger partial charge in [-0.15, -0.1) is 10.2 Å². The van der Waals surface area contributed by atoms with Gasteiger partial charge in [0.1, 0.15) is 17.5 Å². The topological polar surface area (TPSA) is 104 Å². The van der Waals surface area contributed by atoms with Gasteiger partial charge in [-0.1, -0.05) is 79.7 Å². The van der Waals surface area contributed by atoms with Gasteiger partial charge in [-0.05, 0) is 55.3 Å². The summed E-state index contributed by atoms with van der Waals surface area (Å²) in [5, 5.41) is 12.4. The van der Waals surface area contributed by atoms with Crippen LogP contribution in [0, 0.1) is 0 Å². The molecule has 9 heteroatoms. The van der Waals surface area contributed by atoms with E-state index in [1.165, 1.54) is 0 Å². The summed E-state index contributed by atoms with van der Waals surface area (Å²) in [5.74, 6) is 1.60. The average molecular weight is 572 g/mol. The van der Waals surface area contributed by atoms with Crippen molar-refractivity contribution in [2.45, 2.75) is 39.5 Å². The lowest BCUT2D eigenvalue weighted by atomic mass is 10.1. The zero-order valence-electron chi connectivity index (χ0n) is 22.3. The van der Waals surface area contributed by atoms with Crippen LogP contribution in [0.1, 0.15) is 38.7 Å². The fourth-order valence-corrected chi connectivity index (χ4v) is 4.36. The van der Waals surface area contributed by atoms with E-state index < -0.39 is 11.6 Å². The maximum atomic E-state index is 12.9. The molecule has 0 radical (unpaired) electrons. The Morgan fingerprint density at radius 1 is 0.976 bits per heavy atom. The molecule has 0 bridgehead atoms. The number of nitrogens with two attached hydrogens (primary N) is 1. The van der Waals surface area contributed by atoms with Gasteiger partial charge in [0, 0.05) is 11.8 Å². The molecule has 0 aliphatic heterocycles. The Morgan fingerprint density at radius 3 is 2.27 bits per heavy atom. The molecule has 2 aromatic heterocycles. The van der Waals surface area contributed by atoms with Crippen LogP contribution in [0.25, 0.3) is 16.8 Å². The number of pyridine rings is 1. The fraction of sp³-hybridized carbons (Fsp3) is 0.219. The Balaban J connectivity index is 0.00000387. The molecule has 0 saturated carbocycles. The summed E-state index contributed by atoms with van der Waals surface area (Å²) in [6.45, 7) is 3.82.